The number of hydrogen-bond acceptors (Lipinski definition) is 4. The number of carboxylic acids is 1. The molecule has 1 aromatic heterocycles. The molecule has 0 fully saturated rings. The molecule has 0 bridgehead atoms. The maximum Gasteiger partial charge on any atom is 0.416 e. The Bertz CT molecular complexity index is 1190. The molecule has 0 amide bonds. The summed E-state index contributed by atoms with van der Waals surface area (Å²) in [6.45, 7) is 6.57. The van der Waals surface area contributed by atoms with Crippen LogP contribution < -0.4 is 10.4 Å². The van der Waals surface area contributed by atoms with Crippen molar-refractivity contribution < 1.29 is 27.8 Å². The molecule has 0 saturated carbocycles. The number of aromatic nitrogens is 3. The van der Waals surface area contributed by atoms with Crippen molar-refractivity contribution in [2.75, 3.05) is 0 Å². The molecule has 0 atom stereocenters. The molecule has 32 heavy (non-hydrogen) atoms. The van der Waals surface area contributed by atoms with E-state index in [1.165, 1.54) is 37.0 Å². The lowest BCUT2D eigenvalue weighted by molar-refractivity contribution is -0.152. The zero-order valence-corrected chi connectivity index (χ0v) is 17.9. The van der Waals surface area contributed by atoms with E-state index < -0.39 is 29.0 Å². The lowest BCUT2D eigenvalue weighted by Crippen LogP contribution is -2.38. The van der Waals surface area contributed by atoms with Crippen LogP contribution in [0.1, 0.15) is 36.1 Å². The molecular weight excluding hydrogens is 427 g/mol. The van der Waals surface area contributed by atoms with Crippen LogP contribution in [0.4, 0.5) is 13.2 Å². The van der Waals surface area contributed by atoms with Crippen LogP contribution >= 0.6 is 0 Å². The van der Waals surface area contributed by atoms with Crippen LogP contribution in [0.15, 0.2) is 47.5 Å². The van der Waals surface area contributed by atoms with E-state index in [1.54, 1.807) is 26.0 Å². The van der Waals surface area contributed by atoms with Gasteiger partial charge in [-0.2, -0.15) is 18.3 Å². The summed E-state index contributed by atoms with van der Waals surface area (Å²) >= 11 is 0. The summed E-state index contributed by atoms with van der Waals surface area (Å²) in [5.74, 6) is -0.649. The second kappa shape index (κ2) is 8.18. The standard InChI is InChI=1S/C22H22F3N3O4/c1-13-9-15(10-14(2)18(13)32-21(3,4)19(29)30)11-28-20(31)27(12-26-28)17-7-5-16(6-8-17)22(23,24)25/h5-10,12H,11H2,1-4H3,(H,29,30). The number of hydrogen-bond donors (Lipinski definition) is 1. The molecule has 0 aliphatic rings. The Labute approximate surface area is 181 Å². The number of carboxylic acid groups (broad SMARTS) is 1. The van der Waals surface area contributed by atoms with Gasteiger partial charge in [-0.25, -0.2) is 18.8 Å². The quantitative estimate of drug-likeness (QED) is 0.616. The minimum Gasteiger partial charge on any atom is -0.478 e. The SMILES string of the molecule is Cc1cc(Cn2ncn(-c3ccc(C(F)(F)F)cc3)c2=O)cc(C)c1OC(C)(C)C(=O)O. The Morgan fingerprint density at radius 2 is 1.66 bits per heavy atom. The Kier molecular flexibility index (Phi) is 5.90. The molecule has 0 unspecified atom stereocenters. The van der Waals surface area contributed by atoms with Crippen molar-refractivity contribution in [1.29, 1.82) is 0 Å². The van der Waals surface area contributed by atoms with Crippen LogP contribution in [-0.4, -0.2) is 31.0 Å². The van der Waals surface area contributed by atoms with Crippen molar-refractivity contribution in [3.8, 4) is 11.4 Å². The van der Waals surface area contributed by atoms with Crippen LogP contribution in [0.5, 0.6) is 5.75 Å². The van der Waals surface area contributed by atoms with Gasteiger partial charge >= 0.3 is 17.8 Å². The summed E-state index contributed by atoms with van der Waals surface area (Å²) in [5.41, 5.74) is -0.321. The lowest BCUT2D eigenvalue weighted by atomic mass is 10.0. The number of ether oxygens (including phenoxy) is 1. The van der Waals surface area contributed by atoms with Gasteiger partial charge in [0, 0.05) is 0 Å². The van der Waals surface area contributed by atoms with Crippen molar-refractivity contribution in [3.63, 3.8) is 0 Å². The minimum atomic E-state index is -4.46. The van der Waals surface area contributed by atoms with Crippen LogP contribution in [0.2, 0.25) is 0 Å². The van der Waals surface area contributed by atoms with Gasteiger partial charge in [-0.05, 0) is 68.7 Å². The predicted octanol–water partition coefficient (Wildman–Crippen LogP) is 3.96. The predicted molar refractivity (Wildman–Crippen MR) is 110 cm³/mol. The summed E-state index contributed by atoms with van der Waals surface area (Å²) in [6.07, 6.45) is -3.21. The first kappa shape index (κ1) is 23.1. The molecule has 0 saturated heterocycles. The topological polar surface area (TPSA) is 86.4 Å². The molecule has 170 valence electrons. The molecule has 0 aliphatic heterocycles. The maximum absolute atomic E-state index is 12.7. The summed E-state index contributed by atoms with van der Waals surface area (Å²) in [7, 11) is 0. The summed E-state index contributed by atoms with van der Waals surface area (Å²) in [5, 5.41) is 13.3. The van der Waals surface area contributed by atoms with Gasteiger partial charge < -0.3 is 9.84 Å². The van der Waals surface area contributed by atoms with Gasteiger partial charge in [0.2, 0.25) is 0 Å². The average Bonchev–Trinajstić information content (AvgIpc) is 3.04. The first-order valence-electron chi connectivity index (χ1n) is 9.64. The fourth-order valence-corrected chi connectivity index (χ4v) is 3.20. The van der Waals surface area contributed by atoms with Crippen molar-refractivity contribution in [2.45, 2.75) is 46.0 Å². The lowest BCUT2D eigenvalue weighted by Gasteiger charge is -2.24. The van der Waals surface area contributed by atoms with Gasteiger partial charge in [0.25, 0.3) is 0 Å². The third-order valence-electron chi connectivity index (χ3n) is 4.93. The first-order chi connectivity index (χ1) is 14.8. The number of alkyl halides is 3. The minimum absolute atomic E-state index is 0.122. The Morgan fingerprint density at radius 3 is 2.16 bits per heavy atom. The molecule has 3 rings (SSSR count). The highest BCUT2D eigenvalue weighted by Gasteiger charge is 2.31. The molecule has 1 heterocycles. The molecular formula is C22H22F3N3O4. The molecule has 7 nitrogen and oxygen atoms in total. The molecule has 0 spiro atoms. The number of benzene rings is 2. The van der Waals surface area contributed by atoms with E-state index >= 15 is 0 Å². The third kappa shape index (κ3) is 4.68. The largest absolute Gasteiger partial charge is 0.478 e. The molecule has 0 aliphatic carbocycles. The van der Waals surface area contributed by atoms with Crippen LogP contribution in [0.25, 0.3) is 5.69 Å². The van der Waals surface area contributed by atoms with Crippen molar-refractivity contribution in [1.82, 2.24) is 14.3 Å². The Balaban J connectivity index is 1.85. The van der Waals surface area contributed by atoms with Gasteiger partial charge in [0.15, 0.2) is 5.60 Å². The summed E-state index contributed by atoms with van der Waals surface area (Å²) in [4.78, 5) is 24.1. The number of nitrogens with zero attached hydrogens (tertiary/aromatic N) is 3. The van der Waals surface area contributed by atoms with E-state index in [0.717, 1.165) is 22.3 Å². The summed E-state index contributed by atoms with van der Waals surface area (Å²) < 4.78 is 46.3. The third-order valence-corrected chi connectivity index (χ3v) is 4.93. The average molecular weight is 449 g/mol. The fourth-order valence-electron chi connectivity index (χ4n) is 3.20. The first-order valence-corrected chi connectivity index (χ1v) is 9.64. The molecule has 2 aromatic carbocycles. The van der Waals surface area contributed by atoms with Crippen molar-refractivity contribution in [3.05, 3.63) is 75.5 Å². The number of aliphatic carboxylic acids is 1. The van der Waals surface area contributed by atoms with E-state index in [1.807, 2.05) is 0 Å². The van der Waals surface area contributed by atoms with Crippen LogP contribution in [0, 0.1) is 13.8 Å². The van der Waals surface area contributed by atoms with Gasteiger partial charge in [-0.3, -0.25) is 0 Å². The monoisotopic (exact) mass is 449 g/mol. The van der Waals surface area contributed by atoms with E-state index in [9.17, 15) is 27.9 Å². The highest BCUT2D eigenvalue weighted by Crippen LogP contribution is 2.30. The Hall–Kier alpha value is -3.56. The number of carbonyl (C=O) groups is 1. The van der Waals surface area contributed by atoms with Crippen molar-refractivity contribution in [2.24, 2.45) is 0 Å². The normalized spacial score (nSPS) is 12.1. The van der Waals surface area contributed by atoms with Gasteiger partial charge in [0.05, 0.1) is 17.8 Å². The highest BCUT2D eigenvalue weighted by atomic mass is 19.4. The number of aryl methyl sites for hydroxylation is 2. The number of rotatable bonds is 6. The van der Waals surface area contributed by atoms with E-state index in [-0.39, 0.29) is 12.2 Å². The van der Waals surface area contributed by atoms with Gasteiger partial charge in [-0.1, -0.05) is 12.1 Å². The summed E-state index contributed by atoms with van der Waals surface area (Å²) in [6, 6.07) is 7.77. The maximum atomic E-state index is 12.7. The Morgan fingerprint density at radius 1 is 1.09 bits per heavy atom. The molecule has 1 N–H and O–H groups in total. The zero-order valence-electron chi connectivity index (χ0n) is 17.9. The fraction of sp³-hybridized carbons (Fsp3) is 0.318. The zero-order chi connectivity index (χ0) is 23.8. The van der Waals surface area contributed by atoms with E-state index in [2.05, 4.69) is 5.10 Å². The smallest absolute Gasteiger partial charge is 0.416 e. The second-order valence-electron chi connectivity index (χ2n) is 7.96. The van der Waals surface area contributed by atoms with Crippen LogP contribution in [-0.2, 0) is 17.5 Å². The molecule has 3 aromatic rings. The highest BCUT2D eigenvalue weighted by molar-refractivity contribution is 5.77. The molecule has 10 heteroatoms. The van der Waals surface area contributed by atoms with E-state index in [0.29, 0.717) is 16.9 Å². The van der Waals surface area contributed by atoms with Gasteiger partial charge in [0.1, 0.15) is 12.1 Å². The molecule has 0 radical (unpaired) electrons. The van der Waals surface area contributed by atoms with Gasteiger partial charge in [-0.15, -0.1) is 0 Å². The number of halogens is 3. The van der Waals surface area contributed by atoms with E-state index in [4.69, 9.17) is 4.74 Å². The van der Waals surface area contributed by atoms with Crippen molar-refractivity contribution >= 4 is 5.97 Å². The second-order valence-corrected chi connectivity index (χ2v) is 7.96. The van der Waals surface area contributed by atoms with Crippen LogP contribution in [0.3, 0.4) is 0 Å².